The fraction of sp³-hybridized carbons (Fsp3) is 0.720. The first-order valence-electron chi connectivity index (χ1n) is 11.6. The minimum absolute atomic E-state index is 0.0120. The van der Waals surface area contributed by atoms with Gasteiger partial charge in [-0.3, -0.25) is 14.4 Å². The first kappa shape index (κ1) is 24.5. The van der Waals surface area contributed by atoms with Crippen molar-refractivity contribution in [3.63, 3.8) is 0 Å². The second-order valence-corrected chi connectivity index (χ2v) is 10.9. The summed E-state index contributed by atoms with van der Waals surface area (Å²) in [4.78, 5) is 37.3. The van der Waals surface area contributed by atoms with E-state index in [9.17, 15) is 19.5 Å². The number of Topliss-reactive ketones (excluding diaryl/α,β-unsaturated/α-hetero) is 1. The van der Waals surface area contributed by atoms with Crippen molar-refractivity contribution in [1.29, 1.82) is 0 Å². The van der Waals surface area contributed by atoms with E-state index < -0.39 is 75.5 Å². The largest absolute Gasteiger partial charge is 0.459 e. The van der Waals surface area contributed by atoms with Crippen LogP contribution in [0.3, 0.4) is 0 Å². The highest BCUT2D eigenvalue weighted by Crippen LogP contribution is 2.71. The van der Waals surface area contributed by atoms with E-state index >= 15 is 8.78 Å². The van der Waals surface area contributed by atoms with Gasteiger partial charge in [0.05, 0.1) is 5.88 Å². The lowest BCUT2D eigenvalue weighted by Crippen LogP contribution is -2.71. The molecule has 0 heterocycles. The summed E-state index contributed by atoms with van der Waals surface area (Å²) >= 11 is 5.86. The van der Waals surface area contributed by atoms with E-state index in [2.05, 4.69) is 0 Å². The Kier molecular flexibility index (Phi) is 5.73. The van der Waals surface area contributed by atoms with Crippen LogP contribution in [0.15, 0.2) is 23.8 Å². The Bertz CT molecular complexity index is 964. The molecule has 4 rings (SSSR count). The number of carbonyl (C=O) groups is 3. The molecule has 0 saturated heterocycles. The summed E-state index contributed by atoms with van der Waals surface area (Å²) in [5, 5.41) is 11.7. The Morgan fingerprint density at radius 3 is 2.55 bits per heavy atom. The third kappa shape index (κ3) is 2.94. The zero-order valence-electron chi connectivity index (χ0n) is 19.4. The second-order valence-electron chi connectivity index (χ2n) is 10.6. The van der Waals surface area contributed by atoms with Crippen LogP contribution in [0, 0.1) is 28.6 Å². The summed E-state index contributed by atoms with van der Waals surface area (Å²) in [6.07, 6.45) is 0.858. The molecule has 5 nitrogen and oxygen atoms in total. The number of hydrogen-bond donors (Lipinski definition) is 1. The van der Waals surface area contributed by atoms with Crippen LogP contribution in [-0.4, -0.2) is 52.1 Å². The molecule has 3 fully saturated rings. The molecule has 0 aliphatic heterocycles. The second kappa shape index (κ2) is 7.70. The molecular weight excluding hydrogens is 454 g/mol. The van der Waals surface area contributed by atoms with Gasteiger partial charge in [0.25, 0.3) is 0 Å². The topological polar surface area (TPSA) is 80.7 Å². The maximum atomic E-state index is 17.6. The lowest BCUT2D eigenvalue weighted by atomic mass is 9.44. The molecule has 33 heavy (non-hydrogen) atoms. The van der Waals surface area contributed by atoms with Crippen molar-refractivity contribution in [2.75, 3.05) is 5.88 Å². The highest BCUT2D eigenvalue weighted by molar-refractivity contribution is 6.29. The van der Waals surface area contributed by atoms with E-state index in [0.29, 0.717) is 6.42 Å². The lowest BCUT2D eigenvalue weighted by molar-refractivity contribution is -0.233. The van der Waals surface area contributed by atoms with Crippen molar-refractivity contribution < 1.29 is 33.0 Å². The van der Waals surface area contributed by atoms with E-state index in [0.717, 1.165) is 6.08 Å². The van der Waals surface area contributed by atoms with Crippen LogP contribution in [0.1, 0.15) is 53.4 Å². The Hall–Kier alpha value is -1.60. The number of allylic oxidation sites excluding steroid dienone is 4. The molecule has 9 unspecified atom stereocenters. The van der Waals surface area contributed by atoms with Crippen LogP contribution < -0.4 is 0 Å². The number of ether oxygens (including phenoxy) is 1. The third-order valence-corrected chi connectivity index (χ3v) is 9.54. The Morgan fingerprint density at radius 1 is 1.27 bits per heavy atom. The molecule has 182 valence electrons. The van der Waals surface area contributed by atoms with Gasteiger partial charge >= 0.3 is 5.97 Å². The lowest BCUT2D eigenvalue weighted by Gasteiger charge is -2.63. The number of halogens is 3. The molecular formula is C25H31ClF2O5. The molecule has 0 bridgehead atoms. The first-order chi connectivity index (χ1) is 15.3. The standard InChI is InChI=1S/C25H31ClF2O5/c1-5-21(31)33-20-11-23(4)15(8-13(2)25(23,32)19(30)12-26)16-10-18(27)17-9-14(29)6-7-22(17,3)24(16,20)28/h6-7,9,13,15-16,18,20,32H,5,8,10-12H2,1-4H3. The fourth-order valence-electron chi connectivity index (χ4n) is 7.57. The molecule has 0 spiro atoms. The minimum Gasteiger partial charge on any atom is -0.459 e. The number of alkyl halides is 3. The van der Waals surface area contributed by atoms with Gasteiger partial charge in [0.15, 0.2) is 17.2 Å². The average Bonchev–Trinajstić information content (AvgIpc) is 2.97. The molecule has 0 radical (unpaired) electrons. The number of rotatable bonds is 4. The number of esters is 1. The maximum absolute atomic E-state index is 17.6. The Labute approximate surface area is 197 Å². The molecule has 4 aliphatic carbocycles. The van der Waals surface area contributed by atoms with E-state index in [-0.39, 0.29) is 24.8 Å². The van der Waals surface area contributed by atoms with Gasteiger partial charge < -0.3 is 9.84 Å². The van der Waals surface area contributed by atoms with E-state index in [1.165, 1.54) is 12.2 Å². The van der Waals surface area contributed by atoms with Crippen LogP contribution in [0.5, 0.6) is 0 Å². The van der Waals surface area contributed by atoms with Crippen molar-refractivity contribution in [1.82, 2.24) is 0 Å². The zero-order chi connectivity index (χ0) is 24.6. The Morgan fingerprint density at radius 2 is 1.94 bits per heavy atom. The van der Waals surface area contributed by atoms with Gasteiger partial charge in [-0.1, -0.05) is 26.8 Å². The molecule has 0 aromatic heterocycles. The van der Waals surface area contributed by atoms with Crippen molar-refractivity contribution in [2.45, 2.75) is 76.9 Å². The smallest absolute Gasteiger partial charge is 0.305 e. The third-order valence-electron chi connectivity index (χ3n) is 9.29. The molecule has 0 aromatic rings. The van der Waals surface area contributed by atoms with E-state index in [4.69, 9.17) is 16.3 Å². The summed E-state index contributed by atoms with van der Waals surface area (Å²) in [6, 6.07) is 0. The molecule has 3 saturated carbocycles. The Balaban J connectivity index is 1.92. The summed E-state index contributed by atoms with van der Waals surface area (Å²) in [5.74, 6) is -4.02. The first-order valence-corrected chi connectivity index (χ1v) is 12.1. The predicted octanol–water partition coefficient (Wildman–Crippen LogP) is 4.05. The van der Waals surface area contributed by atoms with Crippen LogP contribution in [0.2, 0.25) is 0 Å². The van der Waals surface area contributed by atoms with Crippen molar-refractivity contribution in [2.24, 2.45) is 28.6 Å². The van der Waals surface area contributed by atoms with Crippen LogP contribution in [0.25, 0.3) is 0 Å². The highest BCUT2D eigenvalue weighted by atomic mass is 35.5. The average molecular weight is 485 g/mol. The van der Waals surface area contributed by atoms with Crippen LogP contribution in [0.4, 0.5) is 8.78 Å². The van der Waals surface area contributed by atoms with Crippen molar-refractivity contribution >= 4 is 29.1 Å². The van der Waals surface area contributed by atoms with Gasteiger partial charge in [0.1, 0.15) is 17.9 Å². The summed E-state index contributed by atoms with van der Waals surface area (Å²) in [5.41, 5.74) is -6.69. The van der Waals surface area contributed by atoms with Crippen LogP contribution >= 0.6 is 11.6 Å². The van der Waals surface area contributed by atoms with Gasteiger partial charge in [0, 0.05) is 23.2 Å². The monoisotopic (exact) mass is 484 g/mol. The molecule has 1 N–H and O–H groups in total. The van der Waals surface area contributed by atoms with Gasteiger partial charge in [-0.25, -0.2) is 8.78 Å². The fourth-order valence-corrected chi connectivity index (χ4v) is 7.77. The maximum Gasteiger partial charge on any atom is 0.305 e. The number of hydrogen-bond acceptors (Lipinski definition) is 5. The normalized spacial score (nSPS) is 48.4. The minimum atomic E-state index is -2.22. The molecule has 4 aliphatic rings. The van der Waals surface area contributed by atoms with Gasteiger partial charge in [-0.05, 0) is 55.7 Å². The molecule has 0 aromatic carbocycles. The predicted molar refractivity (Wildman–Crippen MR) is 118 cm³/mol. The molecule has 8 heteroatoms. The van der Waals surface area contributed by atoms with Crippen molar-refractivity contribution in [3.8, 4) is 0 Å². The number of fused-ring (bicyclic) bond motifs is 5. The summed E-state index contributed by atoms with van der Waals surface area (Å²) < 4.78 is 38.8. The SMILES string of the molecule is CCC(=O)OC1CC2(C)C(CC(C)C2(O)C(=O)CCl)C2CC(F)C3=CC(=O)C=CC3(C)C12F. The van der Waals surface area contributed by atoms with Gasteiger partial charge in [-0.2, -0.15) is 0 Å². The number of ketones is 2. The summed E-state index contributed by atoms with van der Waals surface area (Å²) in [6.45, 7) is 6.57. The number of aliphatic hydroxyl groups is 1. The highest BCUT2D eigenvalue weighted by Gasteiger charge is 2.77. The van der Waals surface area contributed by atoms with Crippen molar-refractivity contribution in [3.05, 3.63) is 23.8 Å². The van der Waals surface area contributed by atoms with Gasteiger partial charge in [0.2, 0.25) is 0 Å². The quantitative estimate of drug-likeness (QED) is 0.481. The van der Waals surface area contributed by atoms with Crippen LogP contribution in [-0.2, 0) is 19.1 Å². The van der Waals surface area contributed by atoms with E-state index in [1.807, 2.05) is 0 Å². The van der Waals surface area contributed by atoms with Gasteiger partial charge in [-0.15, -0.1) is 11.6 Å². The van der Waals surface area contributed by atoms with E-state index in [1.54, 1.807) is 27.7 Å². The molecule has 9 atom stereocenters. The summed E-state index contributed by atoms with van der Waals surface area (Å²) in [7, 11) is 0. The zero-order valence-corrected chi connectivity index (χ0v) is 20.1. The molecule has 0 amide bonds. The number of carbonyl (C=O) groups excluding carboxylic acids is 3.